The summed E-state index contributed by atoms with van der Waals surface area (Å²) >= 11 is 3.45. The number of allylic oxidation sites excluding steroid dienone is 1. The maximum Gasteiger partial charge on any atom is 0.337 e. The van der Waals surface area contributed by atoms with Crippen LogP contribution in [0.4, 0.5) is 4.79 Å². The van der Waals surface area contributed by atoms with Gasteiger partial charge in [0.05, 0.1) is 43.2 Å². The van der Waals surface area contributed by atoms with Crippen LogP contribution in [0.5, 0.6) is 17.2 Å². The van der Waals surface area contributed by atoms with Crippen LogP contribution in [0, 0.1) is 11.3 Å². The summed E-state index contributed by atoms with van der Waals surface area (Å²) in [5.74, 6) is 0.701. The summed E-state index contributed by atoms with van der Waals surface area (Å²) in [6, 6.07) is 18.4. The molecule has 13 heteroatoms. The van der Waals surface area contributed by atoms with Gasteiger partial charge in [-0.2, -0.15) is 10.4 Å². The van der Waals surface area contributed by atoms with Gasteiger partial charge >= 0.3 is 12.0 Å². The number of esters is 1. The predicted octanol–water partition coefficient (Wildman–Crippen LogP) is 4.42. The predicted molar refractivity (Wildman–Crippen MR) is 169 cm³/mol. The van der Waals surface area contributed by atoms with Crippen LogP contribution in [0.25, 0.3) is 0 Å². The van der Waals surface area contributed by atoms with E-state index in [1.807, 2.05) is 31.2 Å². The van der Waals surface area contributed by atoms with Crippen LogP contribution in [0.1, 0.15) is 42.1 Å². The second-order valence-electron chi connectivity index (χ2n) is 9.69. The molecule has 0 saturated carbocycles. The van der Waals surface area contributed by atoms with Crippen LogP contribution in [-0.2, 0) is 16.1 Å². The molecule has 0 aromatic heterocycles. The Balaban J connectivity index is 1.40. The molecule has 0 aliphatic carbocycles. The van der Waals surface area contributed by atoms with E-state index in [1.54, 1.807) is 43.3 Å². The molecule has 0 unspecified atom stereocenters. The fraction of sp³-hybridized carbons (Fsp3) is 0.250. The van der Waals surface area contributed by atoms with Gasteiger partial charge in [-0.25, -0.2) is 9.59 Å². The van der Waals surface area contributed by atoms with Gasteiger partial charge in [-0.15, -0.1) is 0 Å². The van der Waals surface area contributed by atoms with Gasteiger partial charge in [0.1, 0.15) is 19.0 Å². The molecule has 0 spiro atoms. The molecule has 0 bridgehead atoms. The average molecular weight is 679 g/mol. The van der Waals surface area contributed by atoms with E-state index in [1.165, 1.54) is 13.3 Å². The summed E-state index contributed by atoms with van der Waals surface area (Å²) in [7, 11) is 1.27. The second kappa shape index (κ2) is 15.6. The number of aliphatic hydroxyl groups is 1. The van der Waals surface area contributed by atoms with Crippen molar-refractivity contribution in [3.8, 4) is 23.3 Å². The number of hydrogen-bond acceptors (Lipinski definition) is 10. The van der Waals surface area contributed by atoms with E-state index in [4.69, 9.17) is 24.2 Å². The third-order valence-electron chi connectivity index (χ3n) is 6.55. The van der Waals surface area contributed by atoms with Gasteiger partial charge in [-0.05, 0) is 67.4 Å². The summed E-state index contributed by atoms with van der Waals surface area (Å²) in [6.07, 6.45) is 0.343. The Morgan fingerprint density at radius 2 is 1.87 bits per heavy atom. The molecule has 4 rings (SSSR count). The molecular formula is C32H32BrN5O7. The number of benzene rings is 3. The molecule has 3 aromatic rings. The number of hydrazone groups is 1. The van der Waals surface area contributed by atoms with E-state index < -0.39 is 24.3 Å². The zero-order chi connectivity index (χ0) is 32.3. The number of ether oxygens (including phenoxy) is 4. The molecular weight excluding hydrogens is 646 g/mol. The molecule has 1 heterocycles. The summed E-state index contributed by atoms with van der Waals surface area (Å²) < 4.78 is 23.3. The summed E-state index contributed by atoms with van der Waals surface area (Å²) in [4.78, 5) is 24.6. The number of rotatable bonds is 13. The number of carbonyl (C=O) groups is 2. The Bertz CT molecular complexity index is 1640. The molecule has 0 fully saturated rings. The molecule has 0 saturated heterocycles. The minimum atomic E-state index is -1.18. The Morgan fingerprint density at radius 1 is 1.11 bits per heavy atom. The Kier molecular flexibility index (Phi) is 11.4. The Hall–Kier alpha value is -5.06. The first-order valence-electron chi connectivity index (χ1n) is 13.9. The first-order chi connectivity index (χ1) is 21.7. The molecule has 3 aromatic carbocycles. The largest absolute Gasteiger partial charge is 0.490 e. The number of carbonyl (C=O) groups excluding carboxylic acids is 2. The Morgan fingerprint density at radius 3 is 2.58 bits per heavy atom. The molecule has 4 N–H and O–H groups in total. The van der Waals surface area contributed by atoms with Crippen LogP contribution < -0.4 is 30.3 Å². The number of nitriles is 1. The lowest BCUT2D eigenvalue weighted by atomic mass is 9.95. The van der Waals surface area contributed by atoms with Crippen molar-refractivity contribution in [3.63, 3.8) is 0 Å². The van der Waals surface area contributed by atoms with Crippen LogP contribution in [0.2, 0.25) is 0 Å². The maximum atomic E-state index is 12.5. The summed E-state index contributed by atoms with van der Waals surface area (Å²) in [5, 5.41) is 29.0. The third-order valence-corrected chi connectivity index (χ3v) is 7.04. The molecule has 45 heavy (non-hydrogen) atoms. The van der Waals surface area contributed by atoms with Crippen molar-refractivity contribution in [2.75, 3.05) is 20.3 Å². The van der Waals surface area contributed by atoms with E-state index in [0.29, 0.717) is 52.8 Å². The van der Waals surface area contributed by atoms with E-state index in [2.05, 4.69) is 43.2 Å². The topological polar surface area (TPSA) is 164 Å². The molecule has 1 aliphatic rings. The molecule has 2 atom stereocenters. The Labute approximate surface area is 268 Å². The first-order valence-corrected chi connectivity index (χ1v) is 14.7. The summed E-state index contributed by atoms with van der Waals surface area (Å²) in [6.45, 7) is 3.88. The number of nitrogens with one attached hydrogen (secondary N) is 3. The van der Waals surface area contributed by atoms with E-state index in [-0.39, 0.29) is 12.2 Å². The highest BCUT2D eigenvalue weighted by Crippen LogP contribution is 2.35. The quantitative estimate of drug-likeness (QED) is 0.0887. The number of hydrogen-bond donors (Lipinski definition) is 4. The van der Waals surface area contributed by atoms with E-state index in [9.17, 15) is 14.7 Å². The fourth-order valence-corrected chi connectivity index (χ4v) is 4.78. The minimum absolute atomic E-state index is 0.173. The number of urea groups is 1. The van der Waals surface area contributed by atoms with Crippen LogP contribution in [-0.4, -0.2) is 49.9 Å². The van der Waals surface area contributed by atoms with Crippen molar-refractivity contribution in [3.05, 3.63) is 98.7 Å². The lowest BCUT2D eigenvalue weighted by molar-refractivity contribution is -0.136. The average Bonchev–Trinajstić information content (AvgIpc) is 3.03. The van der Waals surface area contributed by atoms with Gasteiger partial charge in [0.2, 0.25) is 0 Å². The molecule has 12 nitrogen and oxygen atoms in total. The van der Waals surface area contributed by atoms with Gasteiger partial charge in [-0.1, -0.05) is 34.1 Å². The van der Waals surface area contributed by atoms with Gasteiger partial charge in [0.15, 0.2) is 17.7 Å². The number of aliphatic hydroxyl groups excluding tert-OH is 1. The number of methoxy groups -OCH3 is 1. The molecule has 0 radical (unpaired) electrons. The van der Waals surface area contributed by atoms with Gasteiger partial charge < -0.3 is 34.7 Å². The maximum absolute atomic E-state index is 12.5. The van der Waals surface area contributed by atoms with Crippen molar-refractivity contribution >= 4 is 34.1 Å². The highest BCUT2D eigenvalue weighted by molar-refractivity contribution is 9.10. The van der Waals surface area contributed by atoms with Crippen molar-refractivity contribution in [2.24, 2.45) is 5.10 Å². The van der Waals surface area contributed by atoms with Gasteiger partial charge in [0, 0.05) is 15.7 Å². The lowest BCUT2D eigenvalue weighted by Gasteiger charge is -2.28. The number of nitrogens with zero attached hydrogens (tertiary/aromatic N) is 2. The van der Waals surface area contributed by atoms with Crippen molar-refractivity contribution in [1.29, 1.82) is 5.26 Å². The van der Waals surface area contributed by atoms with Gasteiger partial charge in [-0.3, -0.25) is 5.43 Å². The third kappa shape index (κ3) is 8.75. The fourth-order valence-electron chi connectivity index (χ4n) is 4.40. The monoisotopic (exact) mass is 677 g/mol. The lowest BCUT2D eigenvalue weighted by Crippen LogP contribution is -2.45. The van der Waals surface area contributed by atoms with Crippen LogP contribution in [0.3, 0.4) is 0 Å². The van der Waals surface area contributed by atoms with Crippen molar-refractivity contribution in [2.45, 2.75) is 32.7 Å². The van der Waals surface area contributed by atoms with E-state index >= 15 is 0 Å². The number of amides is 2. The van der Waals surface area contributed by atoms with Crippen LogP contribution >= 0.6 is 15.9 Å². The van der Waals surface area contributed by atoms with Crippen molar-refractivity contribution in [1.82, 2.24) is 16.1 Å². The van der Waals surface area contributed by atoms with Crippen molar-refractivity contribution < 1.29 is 33.6 Å². The standard InChI is InChI=1S/C32H32BrN5O7/c1-4-43-27-14-22(30-29(31(40)42-3)19(2)36-32(41)37-30)9-11-26(27)45-18-28(39)38-35-16-23-13-24(33)10-12-25(23)44-17-21-7-5-20(15-34)6-8-21/h5-14,16,28,30,38-39H,4,17-18H2,1-3H3,(H2,36,37,41)/b35-16+/t28-,30+/m0/s1. The van der Waals surface area contributed by atoms with E-state index in [0.717, 1.165) is 10.0 Å². The second-order valence-corrected chi connectivity index (χ2v) is 10.6. The molecule has 1 aliphatic heterocycles. The normalized spacial score (nSPS) is 15.0. The zero-order valence-electron chi connectivity index (χ0n) is 24.8. The smallest absolute Gasteiger partial charge is 0.337 e. The SMILES string of the molecule is CCOc1cc([C@H]2NC(=O)NC(C)=C2C(=O)OC)ccc1OC[C@H](O)N/N=C/c1cc(Br)ccc1OCc1ccc(C#N)cc1. The first kappa shape index (κ1) is 32.8. The zero-order valence-corrected chi connectivity index (χ0v) is 26.4. The van der Waals surface area contributed by atoms with Crippen LogP contribution in [0.15, 0.2) is 81.5 Å². The minimum Gasteiger partial charge on any atom is -0.490 e. The molecule has 2 amide bonds. The number of halogens is 1. The van der Waals surface area contributed by atoms with Gasteiger partial charge in [0.25, 0.3) is 0 Å². The summed E-state index contributed by atoms with van der Waals surface area (Å²) in [5.41, 5.74) is 5.99. The highest BCUT2D eigenvalue weighted by atomic mass is 79.9. The highest BCUT2D eigenvalue weighted by Gasteiger charge is 2.32. The molecule has 234 valence electrons.